The van der Waals surface area contributed by atoms with Gasteiger partial charge in [0.1, 0.15) is 11.9 Å². The number of carbonyl (C=O) groups is 5. The van der Waals surface area contributed by atoms with Crippen molar-refractivity contribution in [2.45, 2.75) is 138 Å². The number of phenols is 1. The lowest BCUT2D eigenvalue weighted by atomic mass is 9.80. The summed E-state index contributed by atoms with van der Waals surface area (Å²) in [6, 6.07) is 3.21. The Labute approximate surface area is 300 Å². The third-order valence-corrected chi connectivity index (χ3v) is 9.30. The smallest absolute Gasteiger partial charge is 0.347 e. The molecule has 2 unspecified atom stereocenters. The lowest BCUT2D eigenvalue weighted by Gasteiger charge is -2.37. The number of nitrogens with two attached hydrogens (primary N) is 1. The molecule has 1 amide bonds. The summed E-state index contributed by atoms with van der Waals surface area (Å²) in [5.41, 5.74) is 3.92. The SMILES string of the molecule is CC[C@H](C)[C@@H]1OC(=O)[C@H](C)OC(O)[C@@H](CC(=O)c2cccc(N)c2O)[C@@H](C)OC(=O)[C@H](CC(C)C)OC(=O)C(C)(C)C(O)[C@H](CC(C)C)NC1=O. The van der Waals surface area contributed by atoms with Crippen LogP contribution in [0.2, 0.25) is 0 Å². The van der Waals surface area contributed by atoms with Gasteiger partial charge in [-0.15, -0.1) is 0 Å². The van der Waals surface area contributed by atoms with Crippen LogP contribution in [0.1, 0.15) is 105 Å². The Kier molecular flexibility index (Phi) is 15.9. The fraction of sp³-hybridized carbons (Fsp3) is 0.703. The zero-order chi connectivity index (χ0) is 39.0. The minimum Gasteiger partial charge on any atom is -0.505 e. The summed E-state index contributed by atoms with van der Waals surface area (Å²) >= 11 is 0. The number of amides is 1. The number of aromatic hydroxyl groups is 1. The monoisotopic (exact) mass is 722 g/mol. The maximum Gasteiger partial charge on any atom is 0.347 e. The molecular formula is C37H58N2O12. The minimum absolute atomic E-state index is 0.0366. The molecule has 1 aromatic carbocycles. The highest BCUT2D eigenvalue weighted by Gasteiger charge is 2.46. The standard InChI is InChI=1S/C37H58N2O12/c1-11-20(6)30-32(43)39-26(15-18(2)3)31(42)37(9,10)36(47)50-28(16-19(4)5)35(46)48-21(7)24(34(45)49-22(8)33(44)51-30)17-27(40)23-13-12-14-25(38)29(23)41/h12-14,18-22,24,26,28,30-31,34,41-42,45H,11,15-17,38H2,1-10H3,(H,39,43)/t20-,21+,22-,24-,26-,28-,30-,31?,34?/m0/s1. The second-order valence-electron chi connectivity index (χ2n) is 15.0. The van der Waals surface area contributed by atoms with Gasteiger partial charge in [0, 0.05) is 12.3 Å². The number of carbonyl (C=O) groups excluding carboxylic acids is 5. The number of esters is 3. The van der Waals surface area contributed by atoms with Gasteiger partial charge in [0.05, 0.1) is 34.7 Å². The lowest BCUT2D eigenvalue weighted by Crippen LogP contribution is -2.56. The van der Waals surface area contributed by atoms with Crippen LogP contribution in [-0.2, 0) is 38.1 Å². The van der Waals surface area contributed by atoms with Crippen molar-refractivity contribution in [1.82, 2.24) is 5.32 Å². The van der Waals surface area contributed by atoms with Crippen molar-refractivity contribution in [3.05, 3.63) is 23.8 Å². The molecule has 1 aromatic rings. The van der Waals surface area contributed by atoms with Crippen LogP contribution < -0.4 is 11.1 Å². The van der Waals surface area contributed by atoms with Crippen LogP contribution in [0.5, 0.6) is 5.75 Å². The predicted molar refractivity (Wildman–Crippen MR) is 187 cm³/mol. The molecule has 1 saturated heterocycles. The first-order valence-corrected chi connectivity index (χ1v) is 17.7. The number of rotatable bonds is 9. The number of benzene rings is 1. The summed E-state index contributed by atoms with van der Waals surface area (Å²) in [5, 5.41) is 36.1. The molecule has 0 aromatic heterocycles. The normalized spacial score (nSPS) is 29.3. The fourth-order valence-corrected chi connectivity index (χ4v) is 5.75. The number of cyclic esters (lactones) is 3. The van der Waals surface area contributed by atoms with Crippen molar-refractivity contribution in [1.29, 1.82) is 0 Å². The lowest BCUT2D eigenvalue weighted by molar-refractivity contribution is -0.209. The highest BCUT2D eigenvalue weighted by molar-refractivity contribution is 6.00. The van der Waals surface area contributed by atoms with E-state index in [1.165, 1.54) is 45.9 Å². The summed E-state index contributed by atoms with van der Waals surface area (Å²) in [4.78, 5) is 67.9. The number of Topliss-reactive ketones (excluding diaryl/α,β-unsaturated/α-hetero) is 1. The number of hydrogen-bond acceptors (Lipinski definition) is 13. The third-order valence-electron chi connectivity index (χ3n) is 9.30. The number of nitrogen functional groups attached to an aromatic ring is 1. The number of phenolic OH excluding ortho intramolecular Hbond substituents is 1. The van der Waals surface area contributed by atoms with Crippen LogP contribution in [0.3, 0.4) is 0 Å². The van der Waals surface area contributed by atoms with Crippen molar-refractivity contribution in [2.24, 2.45) is 29.1 Å². The predicted octanol–water partition coefficient (Wildman–Crippen LogP) is 3.67. The van der Waals surface area contributed by atoms with E-state index < -0.39 is 102 Å². The van der Waals surface area contributed by atoms with Crippen molar-refractivity contribution in [3.8, 4) is 5.75 Å². The van der Waals surface area contributed by atoms with E-state index in [0.717, 1.165) is 0 Å². The van der Waals surface area contributed by atoms with Crippen LogP contribution in [0, 0.1) is 29.1 Å². The summed E-state index contributed by atoms with van der Waals surface area (Å²) in [7, 11) is 0. The number of anilines is 1. The van der Waals surface area contributed by atoms with Crippen molar-refractivity contribution >= 4 is 35.3 Å². The molecule has 6 N–H and O–H groups in total. The molecule has 14 heteroatoms. The molecular weight excluding hydrogens is 664 g/mol. The third kappa shape index (κ3) is 11.6. The van der Waals surface area contributed by atoms with Gasteiger partial charge in [0.2, 0.25) is 0 Å². The van der Waals surface area contributed by atoms with Gasteiger partial charge in [0.15, 0.2) is 30.4 Å². The Morgan fingerprint density at radius 3 is 2.12 bits per heavy atom. The fourth-order valence-electron chi connectivity index (χ4n) is 5.75. The Hall–Kier alpha value is -3.75. The number of hydrogen-bond donors (Lipinski definition) is 5. The highest BCUT2D eigenvalue weighted by atomic mass is 16.6. The van der Waals surface area contributed by atoms with Gasteiger partial charge >= 0.3 is 17.9 Å². The average Bonchev–Trinajstić information content (AvgIpc) is 3.04. The van der Waals surface area contributed by atoms with Crippen LogP contribution in [0.4, 0.5) is 5.69 Å². The number of aliphatic hydroxyl groups is 2. The first-order chi connectivity index (χ1) is 23.6. The van der Waals surface area contributed by atoms with Gasteiger partial charge in [-0.05, 0) is 70.9 Å². The Bertz CT molecular complexity index is 1380. The number of ether oxygens (including phenoxy) is 4. The number of ketones is 1. The molecule has 1 aliphatic heterocycles. The maximum atomic E-state index is 13.7. The van der Waals surface area contributed by atoms with Gasteiger partial charge in [-0.2, -0.15) is 0 Å². The highest BCUT2D eigenvalue weighted by Crippen LogP contribution is 2.32. The molecule has 1 fully saturated rings. The second kappa shape index (κ2) is 18.7. The van der Waals surface area contributed by atoms with E-state index in [0.29, 0.717) is 6.42 Å². The Morgan fingerprint density at radius 1 is 0.941 bits per heavy atom. The number of para-hydroxylation sites is 1. The molecule has 288 valence electrons. The van der Waals surface area contributed by atoms with E-state index in [2.05, 4.69) is 5.32 Å². The van der Waals surface area contributed by atoms with E-state index in [4.69, 9.17) is 24.7 Å². The first kappa shape index (κ1) is 43.4. The number of nitrogens with one attached hydrogen (secondary N) is 1. The Morgan fingerprint density at radius 2 is 1.55 bits per heavy atom. The largest absolute Gasteiger partial charge is 0.505 e. The summed E-state index contributed by atoms with van der Waals surface area (Å²) in [5.74, 6) is -6.79. The molecule has 0 saturated carbocycles. The summed E-state index contributed by atoms with van der Waals surface area (Å²) in [6.07, 6.45) is -8.75. The molecule has 0 spiro atoms. The van der Waals surface area contributed by atoms with E-state index >= 15 is 0 Å². The van der Waals surface area contributed by atoms with Crippen LogP contribution in [0.15, 0.2) is 18.2 Å². The van der Waals surface area contributed by atoms with E-state index in [1.807, 2.05) is 13.8 Å². The van der Waals surface area contributed by atoms with Gasteiger partial charge in [0.25, 0.3) is 5.91 Å². The molecule has 9 atom stereocenters. The topological polar surface area (TPSA) is 221 Å². The van der Waals surface area contributed by atoms with Crippen LogP contribution in [0.25, 0.3) is 0 Å². The number of aliphatic hydroxyl groups excluding tert-OH is 2. The molecule has 14 nitrogen and oxygen atoms in total. The summed E-state index contributed by atoms with van der Waals surface area (Å²) < 4.78 is 22.7. The second-order valence-corrected chi connectivity index (χ2v) is 15.0. The zero-order valence-electron chi connectivity index (χ0n) is 31.5. The van der Waals surface area contributed by atoms with Gasteiger partial charge in [-0.3, -0.25) is 14.4 Å². The maximum absolute atomic E-state index is 13.7. The molecule has 0 aliphatic carbocycles. The van der Waals surface area contributed by atoms with E-state index in [-0.39, 0.29) is 35.9 Å². The van der Waals surface area contributed by atoms with Crippen molar-refractivity contribution in [3.63, 3.8) is 0 Å². The first-order valence-electron chi connectivity index (χ1n) is 17.7. The van der Waals surface area contributed by atoms with Crippen molar-refractivity contribution in [2.75, 3.05) is 5.73 Å². The van der Waals surface area contributed by atoms with Gasteiger partial charge < -0.3 is 45.3 Å². The quantitative estimate of drug-likeness (QED) is 0.0809. The molecule has 0 radical (unpaired) electrons. The molecule has 1 aliphatic rings. The van der Waals surface area contributed by atoms with E-state index in [9.17, 15) is 39.3 Å². The van der Waals surface area contributed by atoms with Gasteiger partial charge in [-0.1, -0.05) is 47.6 Å². The zero-order valence-corrected chi connectivity index (χ0v) is 31.5. The van der Waals surface area contributed by atoms with Crippen LogP contribution >= 0.6 is 0 Å². The molecule has 0 bridgehead atoms. The van der Waals surface area contributed by atoms with E-state index in [1.54, 1.807) is 27.7 Å². The average molecular weight is 723 g/mol. The molecule has 51 heavy (non-hydrogen) atoms. The van der Waals surface area contributed by atoms with Crippen molar-refractivity contribution < 1.29 is 58.2 Å². The van der Waals surface area contributed by atoms with Crippen LogP contribution in [-0.4, -0.2) is 87.8 Å². The molecule has 1 heterocycles. The minimum atomic E-state index is -1.91. The summed E-state index contributed by atoms with van der Waals surface area (Å²) in [6.45, 7) is 16.4. The van der Waals surface area contributed by atoms with Gasteiger partial charge in [-0.25, -0.2) is 9.59 Å². The Balaban J connectivity index is 2.66. The molecule has 2 rings (SSSR count).